The van der Waals surface area contributed by atoms with Crippen LogP contribution in [-0.4, -0.2) is 10.9 Å². The Morgan fingerprint density at radius 1 is 0.864 bits per heavy atom. The zero-order valence-electron chi connectivity index (χ0n) is 11.7. The van der Waals surface area contributed by atoms with Crippen LogP contribution in [0.25, 0.3) is 11.1 Å². The van der Waals surface area contributed by atoms with E-state index >= 15 is 0 Å². The highest BCUT2D eigenvalue weighted by molar-refractivity contribution is 5.88. The molecule has 0 spiro atoms. The monoisotopic (exact) mass is 305 g/mol. The molecular formula is C17H14F3NO. The highest BCUT2D eigenvalue weighted by Crippen LogP contribution is 2.32. The lowest BCUT2D eigenvalue weighted by Crippen LogP contribution is -2.13. The highest BCUT2D eigenvalue weighted by Gasteiger charge is 2.30. The van der Waals surface area contributed by atoms with Crippen molar-refractivity contribution in [1.29, 1.82) is 0 Å². The van der Waals surface area contributed by atoms with Crippen molar-refractivity contribution in [1.82, 2.24) is 0 Å². The summed E-state index contributed by atoms with van der Waals surface area (Å²) < 4.78 is 37.8. The number of aryl methyl sites for hydroxylation is 1. The number of benzene rings is 2. The summed E-state index contributed by atoms with van der Waals surface area (Å²) in [6.07, 6.45) is -2.20. The predicted molar refractivity (Wildman–Crippen MR) is 78.1 cm³/mol. The molecular weight excluding hydrogens is 291 g/mol. The van der Waals surface area contributed by atoms with Crippen LogP contribution in [0.1, 0.15) is 23.1 Å². The van der Waals surface area contributed by atoms with E-state index in [0.29, 0.717) is 12.8 Å². The van der Waals surface area contributed by atoms with E-state index in [9.17, 15) is 13.2 Å². The van der Waals surface area contributed by atoms with Crippen LogP contribution in [-0.2, 0) is 19.0 Å². The molecule has 0 amide bonds. The Kier molecular flexibility index (Phi) is 3.64. The Morgan fingerprint density at radius 2 is 1.55 bits per heavy atom. The SMILES string of the molecule is ON=C1CCc2cc(-c3ccc(C(F)(F)F)cc3)ccc2C1. The third-order valence-corrected chi connectivity index (χ3v) is 3.97. The number of nitrogens with zero attached hydrogens (tertiary/aromatic N) is 1. The van der Waals surface area contributed by atoms with Gasteiger partial charge in [-0.1, -0.05) is 35.5 Å². The first-order valence-corrected chi connectivity index (χ1v) is 6.96. The van der Waals surface area contributed by atoms with Crippen LogP contribution < -0.4 is 0 Å². The molecule has 1 aliphatic carbocycles. The first kappa shape index (κ1) is 14.6. The van der Waals surface area contributed by atoms with Crippen LogP contribution in [0.5, 0.6) is 0 Å². The van der Waals surface area contributed by atoms with Gasteiger partial charge in [0.25, 0.3) is 0 Å². The second-order valence-corrected chi connectivity index (χ2v) is 5.40. The van der Waals surface area contributed by atoms with Gasteiger partial charge >= 0.3 is 6.18 Å². The maximum absolute atomic E-state index is 12.6. The molecule has 0 heterocycles. The quantitative estimate of drug-likeness (QED) is 0.601. The van der Waals surface area contributed by atoms with Gasteiger partial charge in [-0.05, 0) is 47.2 Å². The van der Waals surface area contributed by atoms with Crippen LogP contribution >= 0.6 is 0 Å². The molecule has 22 heavy (non-hydrogen) atoms. The van der Waals surface area contributed by atoms with Crippen molar-refractivity contribution in [3.8, 4) is 11.1 Å². The Morgan fingerprint density at radius 3 is 2.18 bits per heavy atom. The molecule has 0 unspecified atom stereocenters. The zero-order valence-corrected chi connectivity index (χ0v) is 11.7. The van der Waals surface area contributed by atoms with Crippen LogP contribution in [0.15, 0.2) is 47.6 Å². The number of oxime groups is 1. The molecule has 1 aliphatic rings. The second kappa shape index (κ2) is 5.48. The number of hydrogen-bond acceptors (Lipinski definition) is 2. The number of rotatable bonds is 1. The van der Waals surface area contributed by atoms with Crippen LogP contribution in [0.2, 0.25) is 0 Å². The molecule has 5 heteroatoms. The van der Waals surface area contributed by atoms with Crippen LogP contribution in [0.4, 0.5) is 13.2 Å². The molecule has 114 valence electrons. The lowest BCUT2D eigenvalue weighted by molar-refractivity contribution is -0.137. The number of hydrogen-bond donors (Lipinski definition) is 1. The lowest BCUT2D eigenvalue weighted by Gasteiger charge is -2.18. The maximum Gasteiger partial charge on any atom is 0.416 e. The summed E-state index contributed by atoms with van der Waals surface area (Å²) in [5.41, 5.74) is 4.04. The van der Waals surface area contributed by atoms with E-state index in [1.807, 2.05) is 18.2 Å². The molecule has 0 aromatic heterocycles. The molecule has 2 aromatic carbocycles. The van der Waals surface area contributed by atoms with Crippen molar-refractivity contribution in [3.63, 3.8) is 0 Å². The molecule has 0 fully saturated rings. The number of halogens is 3. The Labute approximate surface area is 125 Å². The van der Waals surface area contributed by atoms with Crippen molar-refractivity contribution in [3.05, 3.63) is 59.2 Å². The minimum absolute atomic E-state index is 0.624. The van der Waals surface area contributed by atoms with Gasteiger partial charge in [0.05, 0.1) is 11.3 Å². The summed E-state index contributed by atoms with van der Waals surface area (Å²) in [5.74, 6) is 0. The zero-order chi connectivity index (χ0) is 15.7. The number of alkyl halides is 3. The van der Waals surface area contributed by atoms with Gasteiger partial charge < -0.3 is 5.21 Å². The van der Waals surface area contributed by atoms with Crippen LogP contribution in [0.3, 0.4) is 0 Å². The van der Waals surface area contributed by atoms with Gasteiger partial charge in [0.1, 0.15) is 0 Å². The van der Waals surface area contributed by atoms with Crippen molar-refractivity contribution < 1.29 is 18.4 Å². The van der Waals surface area contributed by atoms with Crippen molar-refractivity contribution in [2.45, 2.75) is 25.4 Å². The van der Waals surface area contributed by atoms with E-state index in [-0.39, 0.29) is 0 Å². The molecule has 0 radical (unpaired) electrons. The minimum Gasteiger partial charge on any atom is -0.411 e. The summed E-state index contributed by atoms with van der Waals surface area (Å²) in [7, 11) is 0. The molecule has 0 aliphatic heterocycles. The van der Waals surface area contributed by atoms with Gasteiger partial charge in [0.15, 0.2) is 0 Å². The molecule has 1 N–H and O–H groups in total. The third kappa shape index (κ3) is 2.84. The first-order valence-electron chi connectivity index (χ1n) is 6.96. The molecule has 2 nitrogen and oxygen atoms in total. The average Bonchev–Trinajstić information content (AvgIpc) is 2.53. The third-order valence-electron chi connectivity index (χ3n) is 3.97. The normalized spacial score (nSPS) is 16.6. The Hall–Kier alpha value is -2.30. The fourth-order valence-corrected chi connectivity index (χ4v) is 2.73. The summed E-state index contributed by atoms with van der Waals surface area (Å²) in [5, 5.41) is 12.1. The summed E-state index contributed by atoms with van der Waals surface area (Å²) in [4.78, 5) is 0. The molecule has 0 bridgehead atoms. The van der Waals surface area contributed by atoms with E-state index in [1.54, 1.807) is 0 Å². The molecule has 0 saturated carbocycles. The molecule has 2 aromatic rings. The molecule has 3 rings (SSSR count). The second-order valence-electron chi connectivity index (χ2n) is 5.40. The summed E-state index contributed by atoms with van der Waals surface area (Å²) in [6.45, 7) is 0. The average molecular weight is 305 g/mol. The van der Waals surface area contributed by atoms with Gasteiger partial charge in [-0.3, -0.25) is 0 Å². The van der Waals surface area contributed by atoms with Gasteiger partial charge in [0.2, 0.25) is 0 Å². The van der Waals surface area contributed by atoms with E-state index in [1.165, 1.54) is 12.1 Å². The van der Waals surface area contributed by atoms with E-state index in [4.69, 9.17) is 5.21 Å². The fourth-order valence-electron chi connectivity index (χ4n) is 2.73. The standard InChI is InChI=1S/C17H14F3NO/c18-17(19,20)15-6-3-11(4-7-15)12-1-2-14-10-16(21-22)8-5-13(14)9-12/h1-4,6-7,9,22H,5,8,10H2. The van der Waals surface area contributed by atoms with E-state index < -0.39 is 11.7 Å². The summed E-state index contributed by atoms with van der Waals surface area (Å²) >= 11 is 0. The maximum atomic E-state index is 12.6. The topological polar surface area (TPSA) is 32.6 Å². The fraction of sp³-hybridized carbons (Fsp3) is 0.235. The smallest absolute Gasteiger partial charge is 0.411 e. The first-order chi connectivity index (χ1) is 10.5. The van der Waals surface area contributed by atoms with Gasteiger partial charge in [-0.15, -0.1) is 0 Å². The highest BCUT2D eigenvalue weighted by atomic mass is 19.4. The van der Waals surface area contributed by atoms with Crippen molar-refractivity contribution in [2.24, 2.45) is 5.16 Å². The van der Waals surface area contributed by atoms with Crippen molar-refractivity contribution >= 4 is 5.71 Å². The van der Waals surface area contributed by atoms with Crippen molar-refractivity contribution in [2.75, 3.05) is 0 Å². The molecule has 0 saturated heterocycles. The molecule has 0 atom stereocenters. The Balaban J connectivity index is 1.90. The van der Waals surface area contributed by atoms with Gasteiger partial charge in [-0.2, -0.15) is 13.2 Å². The predicted octanol–water partition coefficient (Wildman–Crippen LogP) is 4.69. The van der Waals surface area contributed by atoms with Crippen LogP contribution in [0, 0.1) is 0 Å². The van der Waals surface area contributed by atoms with Gasteiger partial charge in [0, 0.05) is 6.42 Å². The van der Waals surface area contributed by atoms with E-state index in [2.05, 4.69) is 5.16 Å². The minimum atomic E-state index is -4.31. The largest absolute Gasteiger partial charge is 0.416 e. The Bertz CT molecular complexity index is 718. The lowest BCUT2D eigenvalue weighted by atomic mass is 9.88. The van der Waals surface area contributed by atoms with E-state index in [0.717, 1.165) is 46.5 Å². The number of fused-ring (bicyclic) bond motifs is 1. The summed E-state index contributed by atoms with van der Waals surface area (Å²) in [6, 6.07) is 11.0. The van der Waals surface area contributed by atoms with Gasteiger partial charge in [-0.25, -0.2) is 0 Å².